The van der Waals surface area contributed by atoms with E-state index < -0.39 is 8.07 Å². The van der Waals surface area contributed by atoms with E-state index in [2.05, 4.69) is 193 Å². The molecule has 2 aliphatic carbocycles. The second-order valence-electron chi connectivity index (χ2n) is 16.3. The number of fused-ring (bicyclic) bond motifs is 15. The molecule has 266 valence electrons. The summed E-state index contributed by atoms with van der Waals surface area (Å²) in [5.41, 5.74) is 17.6. The Hall–Kier alpha value is -6.22. The molecule has 1 fully saturated rings. The van der Waals surface area contributed by atoms with Crippen LogP contribution < -0.4 is 25.6 Å². The Morgan fingerprint density at radius 1 is 0.339 bits per heavy atom. The third-order valence-electron chi connectivity index (χ3n) is 13.7. The van der Waals surface area contributed by atoms with Gasteiger partial charge in [-0.25, -0.2) is 0 Å². The highest BCUT2D eigenvalue weighted by molar-refractivity contribution is 7.24. The highest BCUT2D eigenvalue weighted by Crippen LogP contribution is 2.56. The van der Waals surface area contributed by atoms with Crippen molar-refractivity contribution in [2.24, 2.45) is 0 Å². The van der Waals surface area contributed by atoms with Gasteiger partial charge in [0.2, 0.25) is 0 Å². The second kappa shape index (κ2) is 12.1. The van der Waals surface area contributed by atoms with Gasteiger partial charge in [0.05, 0.1) is 0 Å². The molecule has 2 spiro atoms. The standard InChI is InChI=1S/C54H41NSi/c1-3-15-37(16-4-1)38-25-27-39(28-26-38)55(40-30-32-49-47(35-40)42-17-5-9-21-48(42)54(49)33-13-2-14-34-54)41-29-31-46-45-20-8-12-24-52(45)56(53(46)36-41)50-22-10-6-18-43(50)44-19-7-11-23-51(44)56/h1,3-12,15-32,35-36H,2,13-14,33-34H2. The summed E-state index contributed by atoms with van der Waals surface area (Å²) in [7, 11) is -2.60. The lowest BCUT2D eigenvalue weighted by Gasteiger charge is -2.36. The first-order valence-electron chi connectivity index (χ1n) is 20.4. The number of hydrogen-bond acceptors (Lipinski definition) is 1. The molecule has 2 heterocycles. The molecule has 0 radical (unpaired) electrons. The highest BCUT2D eigenvalue weighted by atomic mass is 28.3. The quantitative estimate of drug-likeness (QED) is 0.163. The van der Waals surface area contributed by atoms with E-state index in [-0.39, 0.29) is 5.41 Å². The van der Waals surface area contributed by atoms with Gasteiger partial charge < -0.3 is 4.90 Å². The monoisotopic (exact) mass is 731 g/mol. The molecule has 0 aromatic heterocycles. The van der Waals surface area contributed by atoms with Crippen molar-refractivity contribution in [2.45, 2.75) is 37.5 Å². The molecule has 8 aromatic rings. The summed E-state index contributed by atoms with van der Waals surface area (Å²) in [6, 6.07) is 71.8. The fourth-order valence-corrected chi connectivity index (χ4v) is 17.0. The number of nitrogens with zero attached hydrogens (tertiary/aromatic N) is 1. The highest BCUT2D eigenvalue weighted by Gasteiger charge is 2.54. The minimum absolute atomic E-state index is 0.130. The van der Waals surface area contributed by atoms with Gasteiger partial charge in [-0.1, -0.05) is 171 Å². The van der Waals surface area contributed by atoms with Gasteiger partial charge >= 0.3 is 0 Å². The average molecular weight is 732 g/mol. The molecule has 0 unspecified atom stereocenters. The van der Waals surface area contributed by atoms with Crippen molar-refractivity contribution < 1.29 is 0 Å². The van der Waals surface area contributed by atoms with Crippen molar-refractivity contribution >= 4 is 45.9 Å². The number of anilines is 3. The number of hydrogen-bond donors (Lipinski definition) is 0. The number of rotatable bonds is 4. The van der Waals surface area contributed by atoms with E-state index in [0.717, 1.165) is 0 Å². The molecule has 12 rings (SSSR count). The van der Waals surface area contributed by atoms with Crippen molar-refractivity contribution in [2.75, 3.05) is 4.90 Å². The molecule has 2 aliphatic heterocycles. The molecule has 0 saturated heterocycles. The van der Waals surface area contributed by atoms with E-state index in [0.29, 0.717) is 0 Å². The van der Waals surface area contributed by atoms with Crippen LogP contribution in [0.5, 0.6) is 0 Å². The summed E-state index contributed by atoms with van der Waals surface area (Å²) < 4.78 is 0. The van der Waals surface area contributed by atoms with Crippen LogP contribution in [-0.2, 0) is 5.41 Å². The van der Waals surface area contributed by atoms with E-state index in [1.54, 1.807) is 0 Å². The van der Waals surface area contributed by atoms with Crippen LogP contribution in [-0.4, -0.2) is 8.07 Å². The second-order valence-corrected chi connectivity index (χ2v) is 19.9. The summed E-state index contributed by atoms with van der Waals surface area (Å²) in [6.45, 7) is 0. The lowest BCUT2D eigenvalue weighted by molar-refractivity contribution is 0.353. The van der Waals surface area contributed by atoms with Crippen LogP contribution in [0, 0.1) is 0 Å². The SMILES string of the molecule is c1ccc(-c2ccc(N(c3ccc4c(c3)-c3ccccc3C43CCCCC3)c3ccc4c(c3)[Si]3(c5ccccc5-c5ccccc53)c3ccccc3-4)cc2)cc1. The van der Waals surface area contributed by atoms with Gasteiger partial charge in [0.25, 0.3) is 0 Å². The Bertz CT molecular complexity index is 2780. The molecule has 0 bridgehead atoms. The lowest BCUT2D eigenvalue weighted by atomic mass is 9.68. The van der Waals surface area contributed by atoms with E-state index in [9.17, 15) is 0 Å². The average Bonchev–Trinajstić information content (AvgIpc) is 3.84. The molecule has 56 heavy (non-hydrogen) atoms. The molecule has 0 atom stereocenters. The molecule has 8 aromatic carbocycles. The molecule has 1 nitrogen and oxygen atoms in total. The predicted molar refractivity (Wildman–Crippen MR) is 237 cm³/mol. The fraction of sp³-hybridized carbons (Fsp3) is 0.111. The number of benzene rings is 8. The van der Waals surface area contributed by atoms with Crippen molar-refractivity contribution in [3.05, 3.63) is 199 Å². The van der Waals surface area contributed by atoms with Crippen molar-refractivity contribution in [1.29, 1.82) is 0 Å². The lowest BCUT2D eigenvalue weighted by Crippen LogP contribution is -2.70. The minimum atomic E-state index is -2.60. The van der Waals surface area contributed by atoms with Crippen molar-refractivity contribution in [3.8, 4) is 44.5 Å². The van der Waals surface area contributed by atoms with Gasteiger partial charge in [-0.15, -0.1) is 0 Å². The first kappa shape index (κ1) is 32.1. The maximum absolute atomic E-state index is 2.60. The minimum Gasteiger partial charge on any atom is -0.310 e. The zero-order valence-electron chi connectivity index (χ0n) is 31.4. The Morgan fingerprint density at radius 2 is 0.821 bits per heavy atom. The van der Waals surface area contributed by atoms with Gasteiger partial charge in [-0.3, -0.25) is 0 Å². The summed E-state index contributed by atoms with van der Waals surface area (Å²) in [4.78, 5) is 2.53. The summed E-state index contributed by atoms with van der Waals surface area (Å²) in [5, 5.41) is 6.02. The van der Waals surface area contributed by atoms with Crippen LogP contribution in [0.4, 0.5) is 17.1 Å². The zero-order valence-corrected chi connectivity index (χ0v) is 32.4. The zero-order chi connectivity index (χ0) is 36.8. The topological polar surface area (TPSA) is 3.24 Å². The predicted octanol–water partition coefficient (Wildman–Crippen LogP) is 11.4. The Kier molecular flexibility index (Phi) is 6.95. The van der Waals surface area contributed by atoms with E-state index in [1.165, 1.54) is 126 Å². The summed E-state index contributed by atoms with van der Waals surface area (Å²) in [6.07, 6.45) is 6.41. The van der Waals surface area contributed by atoms with Crippen LogP contribution in [0.25, 0.3) is 44.5 Å². The van der Waals surface area contributed by atoms with Gasteiger partial charge in [0, 0.05) is 22.5 Å². The van der Waals surface area contributed by atoms with E-state index >= 15 is 0 Å². The largest absolute Gasteiger partial charge is 0.310 e. The maximum Gasteiger partial charge on any atom is 0.182 e. The molecule has 4 aliphatic rings. The molecule has 1 saturated carbocycles. The van der Waals surface area contributed by atoms with Crippen molar-refractivity contribution in [1.82, 2.24) is 0 Å². The smallest absolute Gasteiger partial charge is 0.182 e. The molecular formula is C54H41NSi. The molecular weight excluding hydrogens is 691 g/mol. The van der Waals surface area contributed by atoms with Gasteiger partial charge in [-0.05, 0) is 126 Å². The maximum atomic E-state index is 2.58. The van der Waals surface area contributed by atoms with Crippen LogP contribution in [0.1, 0.15) is 43.2 Å². The van der Waals surface area contributed by atoms with Crippen LogP contribution in [0.15, 0.2) is 188 Å². The van der Waals surface area contributed by atoms with Gasteiger partial charge in [0.15, 0.2) is 8.07 Å². The Balaban J connectivity index is 1.09. The fourth-order valence-electron chi connectivity index (χ4n) is 11.4. The normalized spacial score (nSPS) is 15.8. The molecule has 2 heteroatoms. The first-order valence-corrected chi connectivity index (χ1v) is 22.4. The van der Waals surface area contributed by atoms with E-state index in [4.69, 9.17) is 0 Å². The summed E-state index contributed by atoms with van der Waals surface area (Å²) in [5.74, 6) is 0. The van der Waals surface area contributed by atoms with Crippen LogP contribution in [0.3, 0.4) is 0 Å². The molecule has 0 N–H and O–H groups in total. The third kappa shape index (κ3) is 4.31. The van der Waals surface area contributed by atoms with Crippen LogP contribution >= 0.6 is 0 Å². The van der Waals surface area contributed by atoms with E-state index in [1.807, 2.05) is 0 Å². The Morgan fingerprint density at radius 3 is 1.48 bits per heavy atom. The third-order valence-corrected chi connectivity index (χ3v) is 18.6. The molecule has 0 amide bonds. The summed E-state index contributed by atoms with van der Waals surface area (Å²) >= 11 is 0. The van der Waals surface area contributed by atoms with Crippen molar-refractivity contribution in [3.63, 3.8) is 0 Å². The first-order chi connectivity index (χ1) is 27.8. The van der Waals surface area contributed by atoms with Gasteiger partial charge in [-0.2, -0.15) is 0 Å². The Labute approximate surface area is 330 Å². The van der Waals surface area contributed by atoms with Gasteiger partial charge in [0.1, 0.15) is 0 Å². The van der Waals surface area contributed by atoms with Crippen LogP contribution in [0.2, 0.25) is 0 Å².